The minimum Gasteiger partial charge on any atom is -0.484 e. The van der Waals surface area contributed by atoms with Gasteiger partial charge in [0.1, 0.15) is 5.75 Å². The predicted octanol–water partition coefficient (Wildman–Crippen LogP) is 3.73. The van der Waals surface area contributed by atoms with E-state index < -0.39 is 11.7 Å². The fourth-order valence-corrected chi connectivity index (χ4v) is 2.26. The molecule has 0 aliphatic carbocycles. The van der Waals surface area contributed by atoms with Crippen LogP contribution in [-0.2, 0) is 11.0 Å². The zero-order valence-corrected chi connectivity index (χ0v) is 14.6. The third-order valence-corrected chi connectivity index (χ3v) is 3.97. The monoisotopic (exact) mass is 366 g/mol. The van der Waals surface area contributed by atoms with Gasteiger partial charge in [-0.2, -0.15) is 13.2 Å². The van der Waals surface area contributed by atoms with Crippen molar-refractivity contribution in [2.45, 2.75) is 19.1 Å². The molecular formula is C19H21F3N2O2. The van der Waals surface area contributed by atoms with Crippen LogP contribution in [0.15, 0.2) is 54.6 Å². The number of anilines is 1. The highest BCUT2D eigenvalue weighted by Gasteiger charge is 2.30. The second-order valence-electron chi connectivity index (χ2n) is 5.91. The Hall–Kier alpha value is -2.70. The van der Waals surface area contributed by atoms with Crippen LogP contribution >= 0.6 is 0 Å². The van der Waals surface area contributed by atoms with Gasteiger partial charge in [0.15, 0.2) is 6.61 Å². The summed E-state index contributed by atoms with van der Waals surface area (Å²) in [6.07, 6.45) is -4.39. The molecular weight excluding hydrogens is 345 g/mol. The van der Waals surface area contributed by atoms with Gasteiger partial charge in [0.2, 0.25) is 0 Å². The van der Waals surface area contributed by atoms with Gasteiger partial charge < -0.3 is 15.0 Å². The number of nitrogens with zero attached hydrogens (tertiary/aromatic N) is 1. The van der Waals surface area contributed by atoms with E-state index in [1.807, 2.05) is 49.2 Å². The molecule has 0 aromatic heterocycles. The molecule has 0 saturated carbocycles. The first-order valence-electron chi connectivity index (χ1n) is 8.12. The number of halogens is 3. The molecule has 0 heterocycles. The van der Waals surface area contributed by atoms with E-state index in [1.165, 1.54) is 12.1 Å². The first-order chi connectivity index (χ1) is 12.3. The van der Waals surface area contributed by atoms with Crippen LogP contribution in [0.5, 0.6) is 5.75 Å². The van der Waals surface area contributed by atoms with Crippen molar-refractivity contribution in [3.8, 4) is 5.75 Å². The topological polar surface area (TPSA) is 41.6 Å². The summed E-state index contributed by atoms with van der Waals surface area (Å²) in [6.45, 7) is 2.14. The fraction of sp³-hybridized carbons (Fsp3) is 0.316. The molecule has 0 aliphatic heterocycles. The average molecular weight is 366 g/mol. The van der Waals surface area contributed by atoms with E-state index in [0.717, 1.165) is 17.8 Å². The number of hydrogen-bond donors (Lipinski definition) is 1. The van der Waals surface area contributed by atoms with Gasteiger partial charge in [-0.15, -0.1) is 0 Å². The lowest BCUT2D eigenvalue weighted by Gasteiger charge is -2.27. The summed E-state index contributed by atoms with van der Waals surface area (Å²) >= 11 is 0. The lowest BCUT2D eigenvalue weighted by Crippen LogP contribution is -2.41. The highest BCUT2D eigenvalue weighted by molar-refractivity contribution is 5.77. The van der Waals surface area contributed by atoms with Crippen LogP contribution in [0, 0.1) is 0 Å². The number of carbonyl (C=O) groups is 1. The first-order valence-corrected chi connectivity index (χ1v) is 8.12. The van der Waals surface area contributed by atoms with Crippen LogP contribution in [0.25, 0.3) is 0 Å². The van der Waals surface area contributed by atoms with E-state index in [4.69, 9.17) is 4.74 Å². The number of nitrogens with one attached hydrogen (secondary N) is 1. The third-order valence-electron chi connectivity index (χ3n) is 3.97. The first kappa shape index (κ1) is 19.6. The molecule has 140 valence electrons. The Labute approximate surface area is 150 Å². The highest BCUT2D eigenvalue weighted by atomic mass is 19.4. The van der Waals surface area contributed by atoms with Crippen LogP contribution in [0.1, 0.15) is 12.5 Å². The lowest BCUT2D eigenvalue weighted by atomic mass is 10.2. The predicted molar refractivity (Wildman–Crippen MR) is 94.3 cm³/mol. The number of para-hydroxylation sites is 1. The number of amides is 1. The highest BCUT2D eigenvalue weighted by Crippen LogP contribution is 2.30. The third kappa shape index (κ3) is 5.68. The molecule has 0 aliphatic rings. The Balaban J connectivity index is 1.76. The van der Waals surface area contributed by atoms with E-state index in [-0.39, 0.29) is 24.3 Å². The number of ether oxygens (including phenoxy) is 1. The summed E-state index contributed by atoms with van der Waals surface area (Å²) in [5.41, 5.74) is 0.280. The van der Waals surface area contributed by atoms with E-state index >= 15 is 0 Å². The molecule has 4 nitrogen and oxygen atoms in total. The van der Waals surface area contributed by atoms with Crippen molar-refractivity contribution in [2.24, 2.45) is 0 Å². The van der Waals surface area contributed by atoms with Crippen LogP contribution in [-0.4, -0.2) is 32.1 Å². The number of alkyl halides is 3. The average Bonchev–Trinajstić information content (AvgIpc) is 2.64. The largest absolute Gasteiger partial charge is 0.484 e. The molecule has 0 bridgehead atoms. The maximum absolute atomic E-state index is 12.5. The van der Waals surface area contributed by atoms with Crippen molar-refractivity contribution in [3.63, 3.8) is 0 Å². The molecule has 26 heavy (non-hydrogen) atoms. The van der Waals surface area contributed by atoms with Crippen LogP contribution in [0.3, 0.4) is 0 Å². The van der Waals surface area contributed by atoms with Gasteiger partial charge in [0.05, 0.1) is 5.56 Å². The maximum Gasteiger partial charge on any atom is 0.416 e. The van der Waals surface area contributed by atoms with Crippen LogP contribution in [0.2, 0.25) is 0 Å². The van der Waals surface area contributed by atoms with Crippen LogP contribution in [0.4, 0.5) is 18.9 Å². The Kier molecular flexibility index (Phi) is 6.49. The van der Waals surface area contributed by atoms with E-state index in [2.05, 4.69) is 5.32 Å². The molecule has 0 saturated heterocycles. The molecule has 1 unspecified atom stereocenters. The normalized spacial score (nSPS) is 12.3. The number of rotatable bonds is 7. The van der Waals surface area contributed by atoms with Gasteiger partial charge in [-0.3, -0.25) is 4.79 Å². The molecule has 1 N–H and O–H groups in total. The molecule has 0 fully saturated rings. The van der Waals surface area contributed by atoms with Crippen molar-refractivity contribution in [1.29, 1.82) is 0 Å². The lowest BCUT2D eigenvalue weighted by molar-refractivity contribution is -0.137. The second-order valence-corrected chi connectivity index (χ2v) is 5.91. The summed E-state index contributed by atoms with van der Waals surface area (Å²) in [5.74, 6) is -0.124. The van der Waals surface area contributed by atoms with E-state index in [1.54, 1.807) is 0 Å². The molecule has 1 amide bonds. The molecule has 1 atom stereocenters. The molecule has 2 aromatic carbocycles. The van der Waals surface area contributed by atoms with Gasteiger partial charge in [-0.05, 0) is 43.3 Å². The summed E-state index contributed by atoms with van der Waals surface area (Å²) in [7, 11) is 1.94. The summed E-state index contributed by atoms with van der Waals surface area (Å²) < 4.78 is 42.7. The summed E-state index contributed by atoms with van der Waals surface area (Å²) in [6, 6.07) is 14.1. The second kappa shape index (κ2) is 8.60. The quantitative estimate of drug-likeness (QED) is 0.812. The summed E-state index contributed by atoms with van der Waals surface area (Å²) in [5, 5.41) is 2.75. The van der Waals surface area contributed by atoms with Crippen LogP contribution < -0.4 is 15.0 Å². The molecule has 2 rings (SSSR count). The minimum absolute atomic E-state index is 0.0624. The Morgan fingerprint density at radius 2 is 1.73 bits per heavy atom. The Morgan fingerprint density at radius 3 is 2.31 bits per heavy atom. The zero-order chi connectivity index (χ0) is 19.2. The van der Waals surface area contributed by atoms with Gasteiger partial charge in [0.25, 0.3) is 5.91 Å². The number of likely N-dealkylation sites (N-methyl/N-ethyl adjacent to an activating group) is 1. The van der Waals surface area contributed by atoms with Crippen molar-refractivity contribution >= 4 is 11.6 Å². The standard InChI is InChI=1S/C19H21F3N2O2/c1-14(24(2)16-6-4-3-5-7-16)12-23-18(25)13-26-17-10-8-15(9-11-17)19(20,21)22/h3-11,14H,12-13H2,1-2H3,(H,23,25). The van der Waals surface area contributed by atoms with E-state index in [0.29, 0.717) is 6.54 Å². The molecule has 2 aromatic rings. The maximum atomic E-state index is 12.5. The minimum atomic E-state index is -4.39. The van der Waals surface area contributed by atoms with E-state index in [9.17, 15) is 18.0 Å². The molecule has 0 spiro atoms. The molecule has 0 radical (unpaired) electrons. The van der Waals surface area contributed by atoms with Crippen molar-refractivity contribution in [3.05, 3.63) is 60.2 Å². The number of hydrogen-bond acceptors (Lipinski definition) is 3. The van der Waals surface area contributed by atoms with Gasteiger partial charge >= 0.3 is 6.18 Å². The number of carbonyl (C=O) groups excluding carboxylic acids is 1. The van der Waals surface area contributed by atoms with Crippen molar-refractivity contribution in [1.82, 2.24) is 5.32 Å². The van der Waals surface area contributed by atoms with Gasteiger partial charge in [0, 0.05) is 25.3 Å². The van der Waals surface area contributed by atoms with Crippen molar-refractivity contribution in [2.75, 3.05) is 25.1 Å². The zero-order valence-electron chi connectivity index (χ0n) is 14.6. The van der Waals surface area contributed by atoms with Crippen molar-refractivity contribution < 1.29 is 22.7 Å². The number of benzene rings is 2. The molecule has 7 heteroatoms. The van der Waals surface area contributed by atoms with Gasteiger partial charge in [-0.1, -0.05) is 18.2 Å². The van der Waals surface area contributed by atoms with Gasteiger partial charge in [-0.25, -0.2) is 0 Å². The smallest absolute Gasteiger partial charge is 0.416 e. The summed E-state index contributed by atoms with van der Waals surface area (Å²) in [4.78, 5) is 13.9. The Morgan fingerprint density at radius 1 is 1.12 bits per heavy atom. The SMILES string of the molecule is CC(CNC(=O)COc1ccc(C(F)(F)F)cc1)N(C)c1ccccc1. The Bertz CT molecular complexity index is 703. The fourth-order valence-electron chi connectivity index (χ4n) is 2.26.